The molecule has 0 amide bonds. The minimum absolute atomic E-state index is 0. The molecule has 0 saturated heterocycles. The molecule has 4 aromatic rings. The van der Waals surface area contributed by atoms with Gasteiger partial charge in [-0.2, -0.15) is 0 Å². The zero-order valence-electron chi connectivity index (χ0n) is 20.8. The fourth-order valence-corrected chi connectivity index (χ4v) is 3.64. The van der Waals surface area contributed by atoms with Crippen molar-refractivity contribution in [3.63, 3.8) is 0 Å². The second-order valence-corrected chi connectivity index (χ2v) is 10.2. The number of nitrogens with zero attached hydrogens (tertiary/aromatic N) is 6. The molecule has 0 aliphatic rings. The Hall–Kier alpha value is -4.26. The van der Waals surface area contributed by atoms with E-state index in [9.17, 15) is 16.8 Å². The summed E-state index contributed by atoms with van der Waals surface area (Å²) >= 11 is 0. The van der Waals surface area contributed by atoms with Gasteiger partial charge in [0.25, 0.3) is 0 Å². The van der Waals surface area contributed by atoms with Crippen LogP contribution < -0.4 is 0 Å². The molecule has 1 radical (unpaired) electrons. The van der Waals surface area contributed by atoms with E-state index in [2.05, 4.69) is 19.4 Å². The summed E-state index contributed by atoms with van der Waals surface area (Å²) in [7, 11) is -7.53. The van der Waals surface area contributed by atoms with E-state index >= 15 is 0 Å². The number of hydrogen-bond donors (Lipinski definition) is 0. The van der Waals surface area contributed by atoms with Crippen molar-refractivity contribution in [2.24, 2.45) is 0 Å². The molecule has 0 bridgehead atoms. The fraction of sp³-hybridized carbons (Fsp3) is 0.0769. The summed E-state index contributed by atoms with van der Waals surface area (Å²) in [5.74, 6) is 0. The van der Waals surface area contributed by atoms with Crippen LogP contribution in [0.5, 0.6) is 0 Å². The molecule has 0 unspecified atom stereocenters. The van der Waals surface area contributed by atoms with Gasteiger partial charge in [-0.3, -0.25) is 9.97 Å². The molecule has 39 heavy (non-hydrogen) atoms. The topological polar surface area (TPSA) is 170 Å². The Morgan fingerprint density at radius 1 is 0.564 bits per heavy atom. The Morgan fingerprint density at radius 3 is 1.03 bits per heavy atom. The quantitative estimate of drug-likeness (QED) is 0.223. The van der Waals surface area contributed by atoms with Crippen LogP contribution in [-0.4, -0.2) is 26.8 Å². The average Bonchev–Trinajstić information content (AvgIpc) is 2.92. The SMILES string of the molecule is Cc1ccc(S(=O)(=O)[N-]C#N)cc1.Cc1ccc(S(=O)(=O)[N-]C#N)cc1.[Cu+2].c1ccncc1.c1ccncc1. The summed E-state index contributed by atoms with van der Waals surface area (Å²) in [5.41, 5.74) is 1.91. The number of aromatic nitrogens is 2. The number of benzene rings is 2. The molecule has 2 aromatic heterocycles. The number of aryl methyl sites for hydroxylation is 2. The van der Waals surface area contributed by atoms with Crippen LogP contribution in [0.3, 0.4) is 0 Å². The van der Waals surface area contributed by atoms with Gasteiger partial charge in [0.2, 0.25) is 20.0 Å². The smallest absolute Gasteiger partial charge is 0.493 e. The van der Waals surface area contributed by atoms with E-state index in [1.54, 1.807) is 49.1 Å². The Bertz CT molecular complexity index is 1340. The van der Waals surface area contributed by atoms with Crippen LogP contribution in [0, 0.1) is 36.8 Å². The number of pyridine rings is 2. The van der Waals surface area contributed by atoms with Crippen LogP contribution in [0.15, 0.2) is 120 Å². The zero-order chi connectivity index (χ0) is 28.3. The molecule has 0 saturated carbocycles. The zero-order valence-corrected chi connectivity index (χ0v) is 23.4. The van der Waals surface area contributed by atoms with Gasteiger partial charge in [0.1, 0.15) is 0 Å². The molecule has 0 spiro atoms. The molecule has 0 atom stereocenters. The molecule has 0 fully saturated rings. The molecule has 0 aliphatic carbocycles. The van der Waals surface area contributed by atoms with Gasteiger partial charge in [0.05, 0.1) is 9.79 Å². The summed E-state index contributed by atoms with van der Waals surface area (Å²) in [6.07, 6.45) is 9.52. The molecule has 0 aliphatic heterocycles. The van der Waals surface area contributed by atoms with Crippen LogP contribution in [0.4, 0.5) is 0 Å². The van der Waals surface area contributed by atoms with Gasteiger partial charge >= 0.3 is 17.1 Å². The summed E-state index contributed by atoms with van der Waals surface area (Å²) in [5, 5.41) is 16.2. The Labute approximate surface area is 240 Å². The largest absolute Gasteiger partial charge is 2.00 e. The van der Waals surface area contributed by atoms with Crippen LogP contribution in [-0.2, 0) is 37.1 Å². The molecule has 0 N–H and O–H groups in total. The molecule has 2 heterocycles. The van der Waals surface area contributed by atoms with Gasteiger partial charge in [0, 0.05) is 24.8 Å². The molecule has 10 nitrogen and oxygen atoms in total. The normalized spacial score (nSPS) is 9.44. The number of nitriles is 2. The standard InChI is InChI=1S/2C8H7N2O2S.2C5H5N.Cu/c2*1-7-2-4-8(5-3-7)13(11,12)10-6-9;2*1-2-4-6-5-3-1;/h2*2-5H,1H3;2*1-5H;/q2*-1;;;+2. The van der Waals surface area contributed by atoms with Crippen LogP contribution in [0.2, 0.25) is 0 Å². The van der Waals surface area contributed by atoms with Gasteiger partial charge in [-0.25, -0.2) is 16.8 Å². The van der Waals surface area contributed by atoms with Crippen molar-refractivity contribution < 1.29 is 33.9 Å². The van der Waals surface area contributed by atoms with E-state index in [0.29, 0.717) is 0 Å². The maximum atomic E-state index is 11.2. The summed E-state index contributed by atoms with van der Waals surface area (Å²) < 4.78 is 50.3. The van der Waals surface area contributed by atoms with Gasteiger partial charge < -0.3 is 20.0 Å². The van der Waals surface area contributed by atoms with Crippen molar-refractivity contribution in [1.82, 2.24) is 9.97 Å². The monoisotopic (exact) mass is 611 g/mol. The minimum Gasteiger partial charge on any atom is -0.493 e. The Morgan fingerprint density at radius 2 is 0.846 bits per heavy atom. The van der Waals surface area contributed by atoms with E-state index in [1.165, 1.54) is 36.7 Å². The predicted molar refractivity (Wildman–Crippen MR) is 143 cm³/mol. The van der Waals surface area contributed by atoms with E-state index < -0.39 is 20.0 Å². The van der Waals surface area contributed by atoms with Crippen molar-refractivity contribution in [2.45, 2.75) is 23.6 Å². The first-order chi connectivity index (χ1) is 18.1. The van der Waals surface area contributed by atoms with Crippen LogP contribution in [0.1, 0.15) is 11.1 Å². The van der Waals surface area contributed by atoms with Crippen LogP contribution >= 0.6 is 0 Å². The van der Waals surface area contributed by atoms with Crippen molar-refractivity contribution >= 4 is 20.0 Å². The molecular formula is C26H24CuN6O4S2. The van der Waals surface area contributed by atoms with Gasteiger partial charge in [-0.15, -0.1) is 0 Å². The van der Waals surface area contributed by atoms with E-state index in [1.807, 2.05) is 50.2 Å². The third-order valence-corrected chi connectivity index (χ3v) is 6.47. The molecule has 13 heteroatoms. The minimum atomic E-state index is -3.76. The van der Waals surface area contributed by atoms with Gasteiger partial charge in [-0.05, 0) is 62.4 Å². The van der Waals surface area contributed by atoms with Gasteiger partial charge in [-0.1, -0.05) is 59.9 Å². The predicted octanol–water partition coefficient (Wildman–Crippen LogP) is 5.24. The summed E-state index contributed by atoms with van der Waals surface area (Å²) in [6.45, 7) is 3.69. The molecule has 4 rings (SSSR count). The first-order valence-electron chi connectivity index (χ1n) is 10.7. The molecule has 205 valence electrons. The van der Waals surface area contributed by atoms with Gasteiger partial charge in [0.15, 0.2) is 0 Å². The Kier molecular flexibility index (Phi) is 16.8. The summed E-state index contributed by atoms with van der Waals surface area (Å²) in [4.78, 5) is 7.65. The van der Waals surface area contributed by atoms with E-state index in [4.69, 9.17) is 10.5 Å². The Balaban J connectivity index is 0.000000518. The number of hydrogen-bond acceptors (Lipinski definition) is 8. The maximum Gasteiger partial charge on any atom is 2.00 e. The third-order valence-electron chi connectivity index (χ3n) is 4.09. The average molecular weight is 612 g/mol. The van der Waals surface area contributed by atoms with Crippen molar-refractivity contribution in [3.05, 3.63) is 130 Å². The first kappa shape index (κ1) is 34.7. The first-order valence-corrected chi connectivity index (χ1v) is 13.6. The molecule has 2 aromatic carbocycles. The third kappa shape index (κ3) is 14.9. The maximum absolute atomic E-state index is 11.2. The van der Waals surface area contributed by atoms with Crippen LogP contribution in [0.25, 0.3) is 9.44 Å². The second kappa shape index (κ2) is 18.9. The molecular weight excluding hydrogens is 588 g/mol. The van der Waals surface area contributed by atoms with E-state index in [-0.39, 0.29) is 26.9 Å². The van der Waals surface area contributed by atoms with E-state index in [0.717, 1.165) is 11.1 Å². The van der Waals surface area contributed by atoms with Crippen molar-refractivity contribution in [3.8, 4) is 12.4 Å². The van der Waals surface area contributed by atoms with Crippen molar-refractivity contribution in [2.75, 3.05) is 0 Å². The number of sulfonamides is 2. The summed E-state index contributed by atoms with van der Waals surface area (Å²) in [6, 6.07) is 23.7. The fourth-order valence-electron chi connectivity index (χ4n) is 2.26. The number of rotatable bonds is 4. The van der Waals surface area contributed by atoms with Crippen molar-refractivity contribution in [1.29, 1.82) is 10.5 Å². The second-order valence-electron chi connectivity index (χ2n) is 7.01.